The van der Waals surface area contributed by atoms with E-state index in [1.807, 2.05) is 0 Å². The Hall–Kier alpha value is -0.570. The first-order valence-corrected chi connectivity index (χ1v) is 5.17. The summed E-state index contributed by atoms with van der Waals surface area (Å²) in [6.45, 7) is 1.51. The average Bonchev–Trinajstić information content (AvgIpc) is 2.81. The minimum atomic E-state index is -0.861. The van der Waals surface area contributed by atoms with Crippen LogP contribution in [-0.4, -0.2) is 23.2 Å². The van der Waals surface area contributed by atoms with Gasteiger partial charge < -0.3 is 10.4 Å². The van der Waals surface area contributed by atoms with Crippen LogP contribution in [0.5, 0.6) is 0 Å². The maximum atomic E-state index is 11.2. The third kappa shape index (κ3) is 1.85. The molecule has 2 aliphatic rings. The van der Waals surface area contributed by atoms with Gasteiger partial charge in [-0.25, -0.2) is 0 Å². The van der Waals surface area contributed by atoms with Crippen LogP contribution in [0.3, 0.4) is 0 Å². The number of carbonyl (C=O) groups is 1. The Morgan fingerprint density at radius 2 is 2.08 bits per heavy atom. The van der Waals surface area contributed by atoms with Crippen molar-refractivity contribution in [2.75, 3.05) is 0 Å². The van der Waals surface area contributed by atoms with Gasteiger partial charge in [0.2, 0.25) is 5.91 Å². The summed E-state index contributed by atoms with van der Waals surface area (Å²) >= 11 is 0. The number of carbonyl (C=O) groups excluding carboxylic acids is 1. The third-order valence-corrected chi connectivity index (χ3v) is 3.26. The van der Waals surface area contributed by atoms with Crippen molar-refractivity contribution in [1.82, 2.24) is 5.32 Å². The fraction of sp³-hybridized carbons (Fsp3) is 0.900. The van der Waals surface area contributed by atoms with E-state index in [1.54, 1.807) is 0 Å². The van der Waals surface area contributed by atoms with Crippen LogP contribution in [0.1, 0.15) is 32.6 Å². The summed E-state index contributed by atoms with van der Waals surface area (Å²) in [7, 11) is 0. The zero-order chi connectivity index (χ0) is 9.42. The SMILES string of the molecule is C[C@@H](O)C(=O)NC1CCC1C1CC1. The van der Waals surface area contributed by atoms with Gasteiger partial charge in [-0.3, -0.25) is 4.79 Å². The maximum absolute atomic E-state index is 11.2. The normalized spacial score (nSPS) is 34.9. The highest BCUT2D eigenvalue weighted by Crippen LogP contribution is 2.46. The first kappa shape index (κ1) is 9.00. The number of amides is 1. The number of aliphatic hydroxyl groups excluding tert-OH is 1. The van der Waals surface area contributed by atoms with E-state index >= 15 is 0 Å². The largest absolute Gasteiger partial charge is 0.384 e. The smallest absolute Gasteiger partial charge is 0.248 e. The van der Waals surface area contributed by atoms with Crippen LogP contribution < -0.4 is 5.32 Å². The highest BCUT2D eigenvalue weighted by Gasteiger charge is 2.42. The molecule has 0 aromatic carbocycles. The molecular weight excluding hydrogens is 166 g/mol. The molecule has 3 atom stereocenters. The van der Waals surface area contributed by atoms with Crippen molar-refractivity contribution in [3.05, 3.63) is 0 Å². The molecule has 3 heteroatoms. The van der Waals surface area contributed by atoms with Crippen LogP contribution in [0.4, 0.5) is 0 Å². The molecule has 2 aliphatic carbocycles. The van der Waals surface area contributed by atoms with Gasteiger partial charge in [-0.1, -0.05) is 0 Å². The van der Waals surface area contributed by atoms with Gasteiger partial charge in [0, 0.05) is 6.04 Å². The Morgan fingerprint density at radius 1 is 1.38 bits per heavy atom. The maximum Gasteiger partial charge on any atom is 0.248 e. The number of hydrogen-bond acceptors (Lipinski definition) is 2. The van der Waals surface area contributed by atoms with Crippen LogP contribution in [0.15, 0.2) is 0 Å². The Bertz CT molecular complexity index is 211. The second kappa shape index (κ2) is 3.29. The van der Waals surface area contributed by atoms with Gasteiger partial charge in [0.15, 0.2) is 0 Å². The van der Waals surface area contributed by atoms with Gasteiger partial charge in [-0.05, 0) is 44.4 Å². The zero-order valence-electron chi connectivity index (χ0n) is 7.99. The lowest BCUT2D eigenvalue weighted by atomic mass is 9.76. The molecule has 0 saturated heterocycles. The second-order valence-corrected chi connectivity index (χ2v) is 4.37. The average molecular weight is 183 g/mol. The molecule has 2 fully saturated rings. The highest BCUT2D eigenvalue weighted by molar-refractivity contribution is 5.80. The monoisotopic (exact) mass is 183 g/mol. The number of nitrogens with one attached hydrogen (secondary N) is 1. The van der Waals surface area contributed by atoms with Crippen molar-refractivity contribution in [2.45, 2.75) is 44.8 Å². The molecule has 0 aliphatic heterocycles. The van der Waals surface area contributed by atoms with Crippen LogP contribution in [0.2, 0.25) is 0 Å². The topological polar surface area (TPSA) is 49.3 Å². The Labute approximate surface area is 78.5 Å². The Balaban J connectivity index is 1.78. The summed E-state index contributed by atoms with van der Waals surface area (Å²) in [5, 5.41) is 11.9. The van der Waals surface area contributed by atoms with E-state index in [2.05, 4.69) is 5.32 Å². The van der Waals surface area contributed by atoms with Crippen molar-refractivity contribution >= 4 is 5.91 Å². The van der Waals surface area contributed by atoms with Crippen LogP contribution in [-0.2, 0) is 4.79 Å². The molecule has 0 aromatic heterocycles. The summed E-state index contributed by atoms with van der Waals surface area (Å²) < 4.78 is 0. The lowest BCUT2D eigenvalue weighted by Crippen LogP contribution is -2.50. The second-order valence-electron chi connectivity index (χ2n) is 4.37. The van der Waals surface area contributed by atoms with Gasteiger partial charge in [0.25, 0.3) is 0 Å². The van der Waals surface area contributed by atoms with E-state index in [-0.39, 0.29) is 5.91 Å². The lowest BCUT2D eigenvalue weighted by molar-refractivity contribution is -0.130. The molecule has 74 valence electrons. The van der Waals surface area contributed by atoms with Crippen molar-refractivity contribution in [2.24, 2.45) is 11.8 Å². The van der Waals surface area contributed by atoms with Crippen molar-refractivity contribution in [3.8, 4) is 0 Å². The summed E-state index contributed by atoms with van der Waals surface area (Å²) in [6.07, 6.45) is 4.17. The van der Waals surface area contributed by atoms with Crippen molar-refractivity contribution in [1.29, 1.82) is 0 Å². The van der Waals surface area contributed by atoms with E-state index in [0.29, 0.717) is 12.0 Å². The summed E-state index contributed by atoms with van der Waals surface area (Å²) in [4.78, 5) is 11.2. The molecule has 0 aromatic rings. The number of hydrogen-bond donors (Lipinski definition) is 2. The van der Waals surface area contributed by atoms with Gasteiger partial charge in [-0.2, -0.15) is 0 Å². The predicted molar refractivity (Wildman–Crippen MR) is 49.1 cm³/mol. The Kier molecular flexibility index (Phi) is 2.28. The summed E-state index contributed by atoms with van der Waals surface area (Å²) in [6, 6.07) is 0.356. The minimum absolute atomic E-state index is 0.213. The molecular formula is C10H17NO2. The molecule has 1 amide bonds. The number of aliphatic hydroxyl groups is 1. The molecule has 3 nitrogen and oxygen atoms in total. The minimum Gasteiger partial charge on any atom is -0.384 e. The molecule has 2 unspecified atom stereocenters. The molecule has 0 heterocycles. The molecule has 13 heavy (non-hydrogen) atoms. The van der Waals surface area contributed by atoms with E-state index in [9.17, 15) is 4.79 Å². The molecule has 2 saturated carbocycles. The van der Waals surface area contributed by atoms with Gasteiger partial charge in [0.05, 0.1) is 0 Å². The van der Waals surface area contributed by atoms with Crippen molar-refractivity contribution in [3.63, 3.8) is 0 Å². The lowest BCUT2D eigenvalue weighted by Gasteiger charge is -2.37. The molecule has 0 radical (unpaired) electrons. The van der Waals surface area contributed by atoms with E-state index in [1.165, 1.54) is 26.2 Å². The Morgan fingerprint density at radius 3 is 2.46 bits per heavy atom. The first-order valence-electron chi connectivity index (χ1n) is 5.17. The fourth-order valence-corrected chi connectivity index (χ4v) is 2.10. The highest BCUT2D eigenvalue weighted by atomic mass is 16.3. The van der Waals surface area contributed by atoms with Gasteiger partial charge in [-0.15, -0.1) is 0 Å². The molecule has 0 bridgehead atoms. The summed E-state index contributed by atoms with van der Waals surface area (Å²) in [5.41, 5.74) is 0. The van der Waals surface area contributed by atoms with Crippen LogP contribution >= 0.6 is 0 Å². The number of rotatable bonds is 3. The van der Waals surface area contributed by atoms with E-state index in [0.717, 1.165) is 12.3 Å². The summed E-state index contributed by atoms with van der Waals surface area (Å²) in [5.74, 6) is 1.37. The van der Waals surface area contributed by atoms with Gasteiger partial charge in [0.1, 0.15) is 6.10 Å². The third-order valence-electron chi connectivity index (χ3n) is 3.26. The van der Waals surface area contributed by atoms with Gasteiger partial charge >= 0.3 is 0 Å². The fourth-order valence-electron chi connectivity index (χ4n) is 2.10. The zero-order valence-corrected chi connectivity index (χ0v) is 7.99. The first-order chi connectivity index (χ1) is 6.18. The van der Waals surface area contributed by atoms with E-state index in [4.69, 9.17) is 5.11 Å². The van der Waals surface area contributed by atoms with Crippen LogP contribution in [0, 0.1) is 11.8 Å². The molecule has 0 spiro atoms. The molecule has 2 N–H and O–H groups in total. The van der Waals surface area contributed by atoms with Crippen LogP contribution in [0.25, 0.3) is 0 Å². The van der Waals surface area contributed by atoms with E-state index < -0.39 is 6.10 Å². The quantitative estimate of drug-likeness (QED) is 0.675. The molecule has 2 rings (SSSR count). The standard InChI is InChI=1S/C10H17NO2/c1-6(12)10(13)11-9-5-4-8(9)7-2-3-7/h6-9,12H,2-5H2,1H3,(H,11,13)/t6-,8?,9?/m1/s1. The predicted octanol–water partition coefficient (Wildman–Crippen LogP) is 0.672. The van der Waals surface area contributed by atoms with Crippen molar-refractivity contribution < 1.29 is 9.90 Å².